The third-order valence-electron chi connectivity index (χ3n) is 3.35. The summed E-state index contributed by atoms with van der Waals surface area (Å²) in [5.41, 5.74) is 1.39. The Morgan fingerprint density at radius 1 is 1.04 bits per heavy atom. The molecule has 1 aromatic carbocycles. The minimum Gasteiger partial charge on any atom is -0.490 e. The summed E-state index contributed by atoms with van der Waals surface area (Å²) in [6, 6.07) is 7.09. The zero-order chi connectivity index (χ0) is 18.1. The molecule has 0 radical (unpaired) electrons. The minimum absolute atomic E-state index is 0.214. The maximum Gasteiger partial charge on any atom is 0.251 e. The molecule has 0 unspecified atom stereocenters. The smallest absolute Gasteiger partial charge is 0.251 e. The normalized spacial score (nSPS) is 10.2. The van der Waals surface area contributed by atoms with Crippen LogP contribution in [0.3, 0.4) is 0 Å². The standard InChI is InChI=1S/C19H24N2O4/c1-4-23-16-10-15(11-17(24-5-2)18(16)25-6-3)19(22)21-13-14-8-7-9-20-12-14/h7-12H,4-6,13H2,1-3H3,(H,21,22). The van der Waals surface area contributed by atoms with Gasteiger partial charge in [0.1, 0.15) is 0 Å². The quantitative estimate of drug-likeness (QED) is 0.756. The number of pyridine rings is 1. The molecule has 0 saturated heterocycles. The van der Waals surface area contributed by atoms with E-state index in [4.69, 9.17) is 14.2 Å². The van der Waals surface area contributed by atoms with Crippen LogP contribution in [-0.2, 0) is 6.54 Å². The van der Waals surface area contributed by atoms with Crippen LogP contribution in [0.4, 0.5) is 0 Å². The van der Waals surface area contributed by atoms with E-state index in [1.807, 2.05) is 32.9 Å². The van der Waals surface area contributed by atoms with Crippen LogP contribution in [0.25, 0.3) is 0 Å². The van der Waals surface area contributed by atoms with Gasteiger partial charge >= 0.3 is 0 Å². The molecule has 0 aliphatic heterocycles. The maximum absolute atomic E-state index is 12.5. The lowest BCUT2D eigenvalue weighted by molar-refractivity contribution is 0.0949. The zero-order valence-corrected chi connectivity index (χ0v) is 14.9. The Kier molecular flexibility index (Phi) is 7.07. The molecule has 0 aliphatic carbocycles. The number of rotatable bonds is 9. The van der Waals surface area contributed by atoms with Gasteiger partial charge in [-0.3, -0.25) is 9.78 Å². The summed E-state index contributed by atoms with van der Waals surface area (Å²) in [4.78, 5) is 16.6. The van der Waals surface area contributed by atoms with Crippen molar-refractivity contribution in [2.24, 2.45) is 0 Å². The molecule has 6 heteroatoms. The number of carbonyl (C=O) groups is 1. The first-order chi connectivity index (χ1) is 12.2. The molecular formula is C19H24N2O4. The fraction of sp³-hybridized carbons (Fsp3) is 0.368. The average molecular weight is 344 g/mol. The molecule has 6 nitrogen and oxygen atoms in total. The summed E-state index contributed by atoms with van der Waals surface area (Å²) < 4.78 is 16.9. The van der Waals surface area contributed by atoms with Crippen molar-refractivity contribution in [3.8, 4) is 17.2 Å². The number of amides is 1. The van der Waals surface area contributed by atoms with Gasteiger partial charge in [0, 0.05) is 24.5 Å². The molecule has 1 amide bonds. The Morgan fingerprint density at radius 2 is 1.68 bits per heavy atom. The maximum atomic E-state index is 12.5. The molecule has 1 N–H and O–H groups in total. The van der Waals surface area contributed by atoms with Crippen LogP contribution in [0.5, 0.6) is 17.2 Å². The van der Waals surface area contributed by atoms with Crippen LogP contribution in [0.1, 0.15) is 36.7 Å². The molecule has 0 fully saturated rings. The van der Waals surface area contributed by atoms with Gasteiger partial charge in [-0.1, -0.05) is 6.07 Å². The van der Waals surface area contributed by atoms with Crippen molar-refractivity contribution >= 4 is 5.91 Å². The first-order valence-corrected chi connectivity index (χ1v) is 8.43. The van der Waals surface area contributed by atoms with Crippen molar-refractivity contribution in [2.75, 3.05) is 19.8 Å². The molecule has 1 heterocycles. The number of hydrogen-bond acceptors (Lipinski definition) is 5. The van der Waals surface area contributed by atoms with Crippen molar-refractivity contribution in [3.63, 3.8) is 0 Å². The number of aromatic nitrogens is 1. The molecule has 0 aliphatic rings. The highest BCUT2D eigenvalue weighted by Crippen LogP contribution is 2.39. The summed E-state index contributed by atoms with van der Waals surface area (Å²) in [5.74, 6) is 1.31. The Morgan fingerprint density at radius 3 is 2.20 bits per heavy atom. The summed E-state index contributed by atoms with van der Waals surface area (Å²) in [6.07, 6.45) is 3.41. The Balaban J connectivity index is 2.24. The molecule has 0 saturated carbocycles. The number of ether oxygens (including phenoxy) is 3. The average Bonchev–Trinajstić information content (AvgIpc) is 2.63. The van der Waals surface area contributed by atoms with E-state index in [9.17, 15) is 4.79 Å². The van der Waals surface area contributed by atoms with E-state index < -0.39 is 0 Å². The van der Waals surface area contributed by atoms with Crippen molar-refractivity contribution in [1.82, 2.24) is 10.3 Å². The van der Waals surface area contributed by atoms with Gasteiger partial charge in [0.25, 0.3) is 5.91 Å². The monoisotopic (exact) mass is 344 g/mol. The second-order valence-electron chi connectivity index (χ2n) is 5.14. The predicted molar refractivity (Wildman–Crippen MR) is 95.4 cm³/mol. The van der Waals surface area contributed by atoms with Crippen LogP contribution < -0.4 is 19.5 Å². The molecule has 25 heavy (non-hydrogen) atoms. The highest BCUT2D eigenvalue weighted by molar-refractivity contribution is 5.95. The van der Waals surface area contributed by atoms with Gasteiger partial charge in [-0.15, -0.1) is 0 Å². The van der Waals surface area contributed by atoms with Crippen LogP contribution >= 0.6 is 0 Å². The number of nitrogens with zero attached hydrogens (tertiary/aromatic N) is 1. The number of benzene rings is 1. The highest BCUT2D eigenvalue weighted by Gasteiger charge is 2.18. The topological polar surface area (TPSA) is 69.7 Å². The third-order valence-corrected chi connectivity index (χ3v) is 3.35. The number of carbonyl (C=O) groups excluding carboxylic acids is 1. The van der Waals surface area contributed by atoms with E-state index in [2.05, 4.69) is 10.3 Å². The Labute approximate surface area is 148 Å². The van der Waals surface area contributed by atoms with Gasteiger partial charge in [-0.2, -0.15) is 0 Å². The van der Waals surface area contributed by atoms with Gasteiger partial charge in [0.15, 0.2) is 11.5 Å². The molecule has 0 atom stereocenters. The Bertz CT molecular complexity index is 662. The fourth-order valence-electron chi connectivity index (χ4n) is 2.31. The number of hydrogen-bond donors (Lipinski definition) is 1. The molecular weight excluding hydrogens is 320 g/mol. The van der Waals surface area contributed by atoms with Crippen LogP contribution in [0, 0.1) is 0 Å². The van der Waals surface area contributed by atoms with Crippen molar-refractivity contribution in [2.45, 2.75) is 27.3 Å². The third kappa shape index (κ3) is 5.11. The largest absolute Gasteiger partial charge is 0.490 e. The van der Waals surface area contributed by atoms with E-state index in [-0.39, 0.29) is 5.91 Å². The SMILES string of the molecule is CCOc1cc(C(=O)NCc2cccnc2)cc(OCC)c1OCC. The number of nitrogens with one attached hydrogen (secondary N) is 1. The van der Waals surface area contributed by atoms with Crippen LogP contribution in [0.2, 0.25) is 0 Å². The summed E-state index contributed by atoms with van der Waals surface area (Å²) >= 11 is 0. The molecule has 0 spiro atoms. The van der Waals surface area contributed by atoms with E-state index in [0.717, 1.165) is 5.56 Å². The zero-order valence-electron chi connectivity index (χ0n) is 14.9. The first kappa shape index (κ1) is 18.6. The van der Waals surface area contributed by atoms with Gasteiger partial charge in [-0.05, 0) is 44.5 Å². The van der Waals surface area contributed by atoms with Gasteiger partial charge in [-0.25, -0.2) is 0 Å². The van der Waals surface area contributed by atoms with Gasteiger partial charge < -0.3 is 19.5 Å². The summed E-state index contributed by atoms with van der Waals surface area (Å²) in [7, 11) is 0. The highest BCUT2D eigenvalue weighted by atomic mass is 16.5. The van der Waals surface area contributed by atoms with Crippen LogP contribution in [-0.4, -0.2) is 30.7 Å². The molecule has 0 bridgehead atoms. The minimum atomic E-state index is -0.214. The van der Waals surface area contributed by atoms with Crippen molar-refractivity contribution < 1.29 is 19.0 Å². The first-order valence-electron chi connectivity index (χ1n) is 8.43. The van der Waals surface area contributed by atoms with Crippen LogP contribution in [0.15, 0.2) is 36.7 Å². The molecule has 2 rings (SSSR count). The Hall–Kier alpha value is -2.76. The van der Waals surface area contributed by atoms with Crippen molar-refractivity contribution in [1.29, 1.82) is 0 Å². The van der Waals surface area contributed by atoms with Gasteiger partial charge in [0.05, 0.1) is 19.8 Å². The fourth-order valence-corrected chi connectivity index (χ4v) is 2.31. The molecule has 134 valence electrons. The van der Waals surface area contributed by atoms with Gasteiger partial charge in [0.2, 0.25) is 5.75 Å². The van der Waals surface area contributed by atoms with E-state index in [1.54, 1.807) is 24.5 Å². The second-order valence-corrected chi connectivity index (χ2v) is 5.14. The van der Waals surface area contributed by atoms with E-state index >= 15 is 0 Å². The van der Waals surface area contributed by atoms with E-state index in [0.29, 0.717) is 49.2 Å². The predicted octanol–water partition coefficient (Wildman–Crippen LogP) is 3.21. The molecule has 2 aromatic rings. The van der Waals surface area contributed by atoms with Crippen molar-refractivity contribution in [3.05, 3.63) is 47.8 Å². The summed E-state index contributed by atoms with van der Waals surface area (Å²) in [5, 5.41) is 2.87. The lowest BCUT2D eigenvalue weighted by Crippen LogP contribution is -2.23. The van der Waals surface area contributed by atoms with E-state index in [1.165, 1.54) is 0 Å². The summed E-state index contributed by atoms with van der Waals surface area (Å²) in [6.45, 7) is 7.45. The second kappa shape index (κ2) is 9.52. The lowest BCUT2D eigenvalue weighted by Gasteiger charge is -2.17. The molecule has 1 aromatic heterocycles. The lowest BCUT2D eigenvalue weighted by atomic mass is 10.1.